The molecule has 0 radical (unpaired) electrons. The van der Waals surface area contributed by atoms with Gasteiger partial charge in [-0.2, -0.15) is 0 Å². The molecule has 0 aliphatic heterocycles. The number of nitrogens with two attached hydrogens (primary N) is 1. The molecule has 2 atom stereocenters. The van der Waals surface area contributed by atoms with Crippen molar-refractivity contribution in [3.8, 4) is 5.75 Å². The summed E-state index contributed by atoms with van der Waals surface area (Å²) in [6.45, 7) is 0.434. The molecule has 0 fully saturated rings. The van der Waals surface area contributed by atoms with Crippen molar-refractivity contribution >= 4 is 5.78 Å². The maximum absolute atomic E-state index is 12.4. The van der Waals surface area contributed by atoms with Gasteiger partial charge in [0.05, 0.1) is 13.2 Å². The predicted molar refractivity (Wildman–Crippen MR) is 72.6 cm³/mol. The quantitative estimate of drug-likeness (QED) is 0.718. The highest BCUT2D eigenvalue weighted by molar-refractivity contribution is 6.00. The lowest BCUT2D eigenvalue weighted by molar-refractivity contribution is -0.0250. The van der Waals surface area contributed by atoms with E-state index in [4.69, 9.17) is 19.9 Å². The van der Waals surface area contributed by atoms with Crippen LogP contribution < -0.4 is 10.5 Å². The van der Waals surface area contributed by atoms with Gasteiger partial charge in [0.2, 0.25) is 0 Å². The first-order valence-electron chi connectivity index (χ1n) is 6.11. The van der Waals surface area contributed by atoms with Crippen LogP contribution in [0.2, 0.25) is 0 Å². The SMILES string of the molecule is COc1cccc(C(=O)C(OC)C(CCN)OC)c1. The first-order valence-corrected chi connectivity index (χ1v) is 6.11. The van der Waals surface area contributed by atoms with Gasteiger partial charge in [-0.3, -0.25) is 4.79 Å². The molecule has 0 bridgehead atoms. The molecule has 106 valence electrons. The second-order valence-electron chi connectivity index (χ2n) is 4.10. The smallest absolute Gasteiger partial charge is 0.194 e. The third-order valence-corrected chi connectivity index (χ3v) is 2.96. The molecule has 0 aromatic heterocycles. The third-order valence-electron chi connectivity index (χ3n) is 2.96. The van der Waals surface area contributed by atoms with E-state index < -0.39 is 6.10 Å². The number of Topliss-reactive ketones (excluding diaryl/α,β-unsaturated/α-hetero) is 1. The molecule has 5 heteroatoms. The normalized spacial score (nSPS) is 13.9. The molecule has 2 unspecified atom stereocenters. The summed E-state index contributed by atoms with van der Waals surface area (Å²) in [5.74, 6) is 0.496. The van der Waals surface area contributed by atoms with Crippen LogP contribution in [-0.2, 0) is 9.47 Å². The lowest BCUT2D eigenvalue weighted by Crippen LogP contribution is -2.38. The molecule has 1 aromatic carbocycles. The van der Waals surface area contributed by atoms with Gasteiger partial charge in [0, 0.05) is 19.8 Å². The standard InChI is InChI=1S/C14H21NO4/c1-17-11-6-4-5-10(9-11)13(16)14(19-3)12(18-2)7-8-15/h4-6,9,12,14H,7-8,15H2,1-3H3. The minimum absolute atomic E-state index is 0.137. The van der Waals surface area contributed by atoms with Crippen LogP contribution in [0.3, 0.4) is 0 Å². The Labute approximate surface area is 113 Å². The van der Waals surface area contributed by atoms with Crippen molar-refractivity contribution in [2.24, 2.45) is 5.73 Å². The number of hydrogen-bond donors (Lipinski definition) is 1. The zero-order chi connectivity index (χ0) is 14.3. The van der Waals surface area contributed by atoms with E-state index in [0.29, 0.717) is 24.3 Å². The molecule has 1 aromatic rings. The molecule has 0 aliphatic carbocycles. The topological polar surface area (TPSA) is 70.8 Å². The fraction of sp³-hybridized carbons (Fsp3) is 0.500. The predicted octanol–water partition coefficient (Wildman–Crippen LogP) is 1.26. The van der Waals surface area contributed by atoms with Gasteiger partial charge in [0.15, 0.2) is 5.78 Å². The minimum atomic E-state index is -0.666. The van der Waals surface area contributed by atoms with Crippen LogP contribution in [0.5, 0.6) is 5.75 Å². The van der Waals surface area contributed by atoms with Gasteiger partial charge in [-0.15, -0.1) is 0 Å². The molecule has 0 saturated carbocycles. The summed E-state index contributed by atoms with van der Waals surface area (Å²) in [4.78, 5) is 12.4. The van der Waals surface area contributed by atoms with Crippen LogP contribution in [0.15, 0.2) is 24.3 Å². The molecule has 1 rings (SSSR count). The Kier molecular flexibility index (Phi) is 6.49. The van der Waals surface area contributed by atoms with Crippen LogP contribution in [-0.4, -0.2) is 45.9 Å². The van der Waals surface area contributed by atoms with Crippen molar-refractivity contribution in [2.45, 2.75) is 18.6 Å². The Morgan fingerprint density at radius 2 is 2.00 bits per heavy atom. The second kappa shape index (κ2) is 7.89. The molecule has 0 aliphatic rings. The van der Waals surface area contributed by atoms with Crippen LogP contribution in [0.1, 0.15) is 16.8 Å². The van der Waals surface area contributed by atoms with Crippen molar-refractivity contribution in [2.75, 3.05) is 27.9 Å². The highest BCUT2D eigenvalue weighted by Gasteiger charge is 2.28. The Bertz CT molecular complexity index is 408. The molecular formula is C14H21NO4. The molecule has 19 heavy (non-hydrogen) atoms. The van der Waals surface area contributed by atoms with Crippen LogP contribution >= 0.6 is 0 Å². The number of hydrogen-bond acceptors (Lipinski definition) is 5. The number of carbonyl (C=O) groups excluding carboxylic acids is 1. The monoisotopic (exact) mass is 267 g/mol. The highest BCUT2D eigenvalue weighted by Crippen LogP contribution is 2.18. The Morgan fingerprint density at radius 1 is 1.26 bits per heavy atom. The zero-order valence-corrected chi connectivity index (χ0v) is 11.6. The summed E-state index contributed by atoms with van der Waals surface area (Å²) in [5, 5.41) is 0. The summed E-state index contributed by atoms with van der Waals surface area (Å²) in [6, 6.07) is 6.96. The lowest BCUT2D eigenvalue weighted by Gasteiger charge is -2.23. The molecule has 2 N–H and O–H groups in total. The molecule has 0 heterocycles. The van der Waals surface area contributed by atoms with Crippen LogP contribution in [0.25, 0.3) is 0 Å². The summed E-state index contributed by atoms with van der Waals surface area (Å²) in [7, 11) is 4.60. The maximum atomic E-state index is 12.4. The number of rotatable bonds is 8. The average Bonchev–Trinajstić information content (AvgIpc) is 2.46. The fourth-order valence-electron chi connectivity index (χ4n) is 1.93. The summed E-state index contributed by atoms with van der Waals surface area (Å²) < 4.78 is 15.7. The lowest BCUT2D eigenvalue weighted by atomic mass is 10.00. The number of benzene rings is 1. The highest BCUT2D eigenvalue weighted by atomic mass is 16.5. The Balaban J connectivity index is 2.93. The van der Waals surface area contributed by atoms with Crippen molar-refractivity contribution in [1.29, 1.82) is 0 Å². The second-order valence-corrected chi connectivity index (χ2v) is 4.10. The van der Waals surface area contributed by atoms with Crippen LogP contribution in [0, 0.1) is 0 Å². The Morgan fingerprint density at radius 3 is 2.53 bits per heavy atom. The van der Waals surface area contributed by atoms with Gasteiger partial charge >= 0.3 is 0 Å². The maximum Gasteiger partial charge on any atom is 0.194 e. The van der Waals surface area contributed by atoms with E-state index in [1.165, 1.54) is 7.11 Å². The van der Waals surface area contributed by atoms with E-state index in [-0.39, 0.29) is 11.9 Å². The third kappa shape index (κ3) is 4.02. The van der Waals surface area contributed by atoms with E-state index in [1.54, 1.807) is 38.5 Å². The van der Waals surface area contributed by atoms with Gasteiger partial charge in [-0.1, -0.05) is 12.1 Å². The zero-order valence-electron chi connectivity index (χ0n) is 11.6. The Hall–Kier alpha value is -1.43. The van der Waals surface area contributed by atoms with Crippen molar-refractivity contribution < 1.29 is 19.0 Å². The van der Waals surface area contributed by atoms with Crippen molar-refractivity contribution in [3.63, 3.8) is 0 Å². The summed E-state index contributed by atoms with van der Waals surface area (Å²) >= 11 is 0. The number of methoxy groups -OCH3 is 3. The van der Waals surface area contributed by atoms with E-state index in [9.17, 15) is 4.79 Å². The largest absolute Gasteiger partial charge is 0.497 e. The van der Waals surface area contributed by atoms with Crippen molar-refractivity contribution in [3.05, 3.63) is 29.8 Å². The number of ether oxygens (including phenoxy) is 3. The van der Waals surface area contributed by atoms with E-state index >= 15 is 0 Å². The van der Waals surface area contributed by atoms with Gasteiger partial charge in [0.25, 0.3) is 0 Å². The van der Waals surface area contributed by atoms with E-state index in [0.717, 1.165) is 0 Å². The number of ketones is 1. The molecule has 0 amide bonds. The average molecular weight is 267 g/mol. The number of carbonyl (C=O) groups is 1. The molecule has 0 saturated heterocycles. The first-order chi connectivity index (χ1) is 9.17. The van der Waals surface area contributed by atoms with Gasteiger partial charge in [-0.25, -0.2) is 0 Å². The molecule has 0 spiro atoms. The van der Waals surface area contributed by atoms with Crippen molar-refractivity contribution in [1.82, 2.24) is 0 Å². The molecule has 5 nitrogen and oxygen atoms in total. The first kappa shape index (κ1) is 15.6. The van der Waals surface area contributed by atoms with Gasteiger partial charge in [-0.05, 0) is 25.1 Å². The van der Waals surface area contributed by atoms with Gasteiger partial charge in [0.1, 0.15) is 11.9 Å². The summed E-state index contributed by atoms with van der Waals surface area (Å²) in [5.41, 5.74) is 6.05. The minimum Gasteiger partial charge on any atom is -0.497 e. The summed E-state index contributed by atoms with van der Waals surface area (Å²) in [6.07, 6.45) is -0.459. The van der Waals surface area contributed by atoms with E-state index in [1.807, 2.05) is 0 Å². The van der Waals surface area contributed by atoms with Crippen LogP contribution in [0.4, 0.5) is 0 Å². The van der Waals surface area contributed by atoms with E-state index in [2.05, 4.69) is 0 Å². The van der Waals surface area contributed by atoms with Gasteiger partial charge < -0.3 is 19.9 Å². The fourth-order valence-corrected chi connectivity index (χ4v) is 1.93. The molecular weight excluding hydrogens is 246 g/mol.